The van der Waals surface area contributed by atoms with Gasteiger partial charge in [-0.15, -0.1) is 0 Å². The Morgan fingerprint density at radius 1 is 1.12 bits per heavy atom. The topological polar surface area (TPSA) is 76.0 Å². The lowest BCUT2D eigenvalue weighted by molar-refractivity contribution is 0.0911. The van der Waals surface area contributed by atoms with Crippen LogP contribution in [0.4, 0.5) is 0 Å². The zero-order valence-electron chi connectivity index (χ0n) is 15.3. The van der Waals surface area contributed by atoms with Gasteiger partial charge >= 0.3 is 0 Å². The van der Waals surface area contributed by atoms with E-state index in [1.54, 1.807) is 0 Å². The minimum Gasteiger partial charge on any atom is -0.351 e. The third-order valence-electron chi connectivity index (χ3n) is 5.29. The fraction of sp³-hybridized carbons (Fsp3) is 0.737. The van der Waals surface area contributed by atoms with Crippen LogP contribution in [0.1, 0.15) is 91.5 Å². The molecule has 0 bridgehead atoms. The summed E-state index contributed by atoms with van der Waals surface area (Å²) in [6.07, 6.45) is 10.6. The van der Waals surface area contributed by atoms with Gasteiger partial charge in [0.15, 0.2) is 5.82 Å². The van der Waals surface area contributed by atoms with Crippen molar-refractivity contribution in [3.63, 3.8) is 0 Å². The van der Waals surface area contributed by atoms with E-state index in [0.29, 0.717) is 18.1 Å². The van der Waals surface area contributed by atoms with Gasteiger partial charge in [0.2, 0.25) is 0 Å². The Kier molecular flexibility index (Phi) is 6.10. The van der Waals surface area contributed by atoms with Crippen LogP contribution in [0.5, 0.6) is 0 Å². The number of unbranched alkanes of at least 4 members (excludes halogenated alkanes) is 1. The molecule has 0 unspecified atom stereocenters. The summed E-state index contributed by atoms with van der Waals surface area (Å²) in [7, 11) is 0. The molecule has 0 spiro atoms. The van der Waals surface area contributed by atoms with Crippen molar-refractivity contribution >= 4 is 11.8 Å². The second kappa shape index (κ2) is 8.50. The lowest BCUT2D eigenvalue weighted by Crippen LogP contribution is -2.37. The lowest BCUT2D eigenvalue weighted by Gasteiger charge is -2.23. The first kappa shape index (κ1) is 18.0. The van der Waals surface area contributed by atoms with Gasteiger partial charge in [0, 0.05) is 19.1 Å². The Balaban J connectivity index is 1.76. The van der Waals surface area contributed by atoms with Crippen LogP contribution < -0.4 is 10.6 Å². The van der Waals surface area contributed by atoms with Gasteiger partial charge < -0.3 is 15.2 Å². The summed E-state index contributed by atoms with van der Waals surface area (Å²) in [6.45, 7) is 3.53. The Morgan fingerprint density at radius 2 is 1.92 bits per heavy atom. The smallest absolute Gasteiger partial charge is 0.287 e. The highest BCUT2D eigenvalue weighted by Gasteiger charge is 2.28. The van der Waals surface area contributed by atoms with Crippen LogP contribution in [0.3, 0.4) is 0 Å². The summed E-state index contributed by atoms with van der Waals surface area (Å²) < 4.78 is 1.97. The number of aromatic nitrogens is 2. The molecular weight excluding hydrogens is 316 g/mol. The maximum atomic E-state index is 12.8. The number of amides is 2. The SMILES string of the molecule is CCCCNC(=O)c1nc(C(=O)NC2CCCCC2)n2c1CCCC2. The van der Waals surface area contributed by atoms with Crippen molar-refractivity contribution in [2.45, 2.75) is 83.7 Å². The predicted molar refractivity (Wildman–Crippen MR) is 96.7 cm³/mol. The quantitative estimate of drug-likeness (QED) is 0.778. The molecule has 1 saturated carbocycles. The van der Waals surface area contributed by atoms with E-state index in [9.17, 15) is 9.59 Å². The average Bonchev–Trinajstić information content (AvgIpc) is 3.03. The Bertz CT molecular complexity index is 617. The highest BCUT2D eigenvalue weighted by atomic mass is 16.2. The number of nitrogens with zero attached hydrogens (tertiary/aromatic N) is 2. The fourth-order valence-electron chi connectivity index (χ4n) is 3.86. The summed E-state index contributed by atoms with van der Waals surface area (Å²) in [5.74, 6) is 0.152. The van der Waals surface area contributed by atoms with Crippen LogP contribution in [0.15, 0.2) is 0 Å². The number of rotatable bonds is 6. The third kappa shape index (κ3) is 4.22. The number of hydrogen-bond donors (Lipinski definition) is 2. The summed E-state index contributed by atoms with van der Waals surface area (Å²) in [4.78, 5) is 29.7. The monoisotopic (exact) mass is 346 g/mol. The van der Waals surface area contributed by atoms with E-state index in [4.69, 9.17) is 0 Å². The normalized spacial score (nSPS) is 17.8. The first-order valence-electron chi connectivity index (χ1n) is 9.89. The van der Waals surface area contributed by atoms with Crippen molar-refractivity contribution in [1.82, 2.24) is 20.2 Å². The molecule has 0 radical (unpaired) electrons. The molecule has 1 aromatic heterocycles. The second-order valence-corrected chi connectivity index (χ2v) is 7.26. The van der Waals surface area contributed by atoms with E-state index in [-0.39, 0.29) is 17.9 Å². The second-order valence-electron chi connectivity index (χ2n) is 7.26. The zero-order valence-corrected chi connectivity index (χ0v) is 15.3. The largest absolute Gasteiger partial charge is 0.351 e. The van der Waals surface area contributed by atoms with Gasteiger partial charge in [0.25, 0.3) is 11.8 Å². The minimum atomic E-state index is -0.143. The highest BCUT2D eigenvalue weighted by molar-refractivity contribution is 5.97. The number of nitrogens with one attached hydrogen (secondary N) is 2. The van der Waals surface area contributed by atoms with Gasteiger partial charge in [-0.3, -0.25) is 9.59 Å². The molecular formula is C19H30N4O2. The Labute approximate surface area is 149 Å². The van der Waals surface area contributed by atoms with E-state index < -0.39 is 0 Å². The first-order chi connectivity index (χ1) is 12.2. The van der Waals surface area contributed by atoms with Gasteiger partial charge in [0.1, 0.15) is 5.69 Å². The molecule has 0 saturated heterocycles. The number of imidazole rings is 1. The molecule has 1 aliphatic carbocycles. The van der Waals surface area contributed by atoms with Gasteiger partial charge in [-0.05, 0) is 38.5 Å². The van der Waals surface area contributed by atoms with Crippen LogP contribution in [-0.2, 0) is 13.0 Å². The number of carbonyl (C=O) groups is 2. The van der Waals surface area contributed by atoms with E-state index in [2.05, 4.69) is 22.5 Å². The van der Waals surface area contributed by atoms with Crippen molar-refractivity contribution < 1.29 is 9.59 Å². The molecule has 2 aliphatic rings. The van der Waals surface area contributed by atoms with Crippen molar-refractivity contribution in [3.05, 3.63) is 17.2 Å². The summed E-state index contributed by atoms with van der Waals surface area (Å²) in [6, 6.07) is 0.250. The molecule has 6 nitrogen and oxygen atoms in total. The van der Waals surface area contributed by atoms with E-state index in [1.165, 1.54) is 19.3 Å². The highest BCUT2D eigenvalue weighted by Crippen LogP contribution is 2.22. The van der Waals surface area contributed by atoms with Crippen molar-refractivity contribution in [2.75, 3.05) is 6.54 Å². The average molecular weight is 346 g/mol. The molecule has 1 aromatic rings. The standard InChI is InChI=1S/C19H30N4O2/c1-2-3-12-20-18(24)16-15-11-7-8-13-23(15)17(22-16)19(25)21-14-9-5-4-6-10-14/h14H,2-13H2,1H3,(H,20,24)(H,21,25). The zero-order chi connectivity index (χ0) is 17.6. The van der Waals surface area contributed by atoms with Gasteiger partial charge in [-0.2, -0.15) is 0 Å². The summed E-state index contributed by atoms with van der Waals surface area (Å²) >= 11 is 0. The van der Waals surface area contributed by atoms with E-state index in [1.807, 2.05) is 4.57 Å². The van der Waals surface area contributed by atoms with Crippen LogP contribution >= 0.6 is 0 Å². The molecule has 0 aromatic carbocycles. The van der Waals surface area contributed by atoms with E-state index in [0.717, 1.165) is 57.2 Å². The molecule has 25 heavy (non-hydrogen) atoms. The first-order valence-corrected chi connectivity index (χ1v) is 9.89. The minimum absolute atomic E-state index is 0.123. The molecule has 2 amide bonds. The van der Waals surface area contributed by atoms with Gasteiger partial charge in [-0.1, -0.05) is 32.6 Å². The number of hydrogen-bond acceptors (Lipinski definition) is 3. The summed E-state index contributed by atoms with van der Waals surface area (Å²) in [5.41, 5.74) is 1.37. The van der Waals surface area contributed by atoms with E-state index >= 15 is 0 Å². The molecule has 2 N–H and O–H groups in total. The summed E-state index contributed by atoms with van der Waals surface area (Å²) in [5, 5.41) is 6.07. The predicted octanol–water partition coefficient (Wildman–Crippen LogP) is 2.81. The van der Waals surface area contributed by atoms with Gasteiger partial charge in [0.05, 0.1) is 5.69 Å². The van der Waals surface area contributed by atoms with Crippen LogP contribution in [0, 0.1) is 0 Å². The molecule has 6 heteroatoms. The van der Waals surface area contributed by atoms with Crippen LogP contribution in [0.2, 0.25) is 0 Å². The Morgan fingerprint density at radius 3 is 2.68 bits per heavy atom. The molecule has 3 rings (SSSR count). The third-order valence-corrected chi connectivity index (χ3v) is 5.29. The van der Waals surface area contributed by atoms with Crippen molar-refractivity contribution in [1.29, 1.82) is 0 Å². The molecule has 1 fully saturated rings. The maximum Gasteiger partial charge on any atom is 0.287 e. The van der Waals surface area contributed by atoms with Crippen LogP contribution in [-0.4, -0.2) is 34.0 Å². The molecule has 138 valence electrons. The van der Waals surface area contributed by atoms with Crippen molar-refractivity contribution in [2.24, 2.45) is 0 Å². The lowest BCUT2D eigenvalue weighted by atomic mass is 9.95. The molecule has 1 aliphatic heterocycles. The van der Waals surface area contributed by atoms with Crippen LogP contribution in [0.25, 0.3) is 0 Å². The molecule has 0 atom stereocenters. The van der Waals surface area contributed by atoms with Crippen molar-refractivity contribution in [3.8, 4) is 0 Å². The molecule has 2 heterocycles. The van der Waals surface area contributed by atoms with Gasteiger partial charge in [-0.25, -0.2) is 4.98 Å². The Hall–Kier alpha value is -1.85. The maximum absolute atomic E-state index is 12.8. The fourth-order valence-corrected chi connectivity index (χ4v) is 3.86. The number of carbonyl (C=O) groups excluding carboxylic acids is 2. The number of fused-ring (bicyclic) bond motifs is 1.